The van der Waals surface area contributed by atoms with E-state index in [9.17, 15) is 0 Å². The quantitative estimate of drug-likeness (QED) is 0.382. The van der Waals surface area contributed by atoms with E-state index in [0.717, 1.165) is 26.4 Å². The standard InChI is InChI=1S/2C5H5.2C4H8O.2CH3.Li.Lu/c4*1-2-4-5-3-1;;;;/h2*1-5H;2*1-4H2;2*1H3;;/q;;;;2*-1;+1;. The van der Waals surface area contributed by atoms with Crippen molar-refractivity contribution in [2.75, 3.05) is 26.4 Å². The van der Waals surface area contributed by atoms with Crippen LogP contribution in [0.3, 0.4) is 0 Å². The number of rotatable bonds is 0. The van der Waals surface area contributed by atoms with Gasteiger partial charge in [-0.15, -0.1) is 0 Å². The van der Waals surface area contributed by atoms with Crippen LogP contribution in [0, 0.1) is 116 Å². The molecule has 141 valence electrons. The molecular formula is C20H32LiLuO2-. The van der Waals surface area contributed by atoms with Gasteiger partial charge in [0.05, 0.1) is 0 Å². The van der Waals surface area contributed by atoms with Crippen molar-refractivity contribution in [1.29, 1.82) is 0 Å². The molecule has 0 amide bonds. The van der Waals surface area contributed by atoms with E-state index in [2.05, 4.69) is 0 Å². The molecule has 0 aromatic rings. The van der Waals surface area contributed by atoms with Crippen molar-refractivity contribution < 1.29 is 65.2 Å². The Hall–Kier alpha value is 1.75. The zero-order valence-electron chi connectivity index (χ0n) is 15.5. The molecule has 2 aliphatic carbocycles. The van der Waals surface area contributed by atoms with Gasteiger partial charge in [0.25, 0.3) is 0 Å². The van der Waals surface area contributed by atoms with E-state index in [1.54, 1.807) is 0 Å². The predicted molar refractivity (Wildman–Crippen MR) is 95.9 cm³/mol. The summed E-state index contributed by atoms with van der Waals surface area (Å²) in [4.78, 5) is 0. The molecule has 0 aromatic carbocycles. The molecule has 4 fully saturated rings. The molecule has 2 heterocycles. The van der Waals surface area contributed by atoms with E-state index in [0.29, 0.717) is 0 Å². The molecule has 0 aromatic heterocycles. The predicted octanol–water partition coefficient (Wildman–Crippen LogP) is 1.54. The summed E-state index contributed by atoms with van der Waals surface area (Å²) in [7, 11) is 0. The summed E-state index contributed by atoms with van der Waals surface area (Å²) < 4.78 is 9.89. The molecule has 4 heteroatoms. The second-order valence-corrected chi connectivity index (χ2v) is 4.56. The van der Waals surface area contributed by atoms with Crippen LogP contribution in [0.25, 0.3) is 0 Å². The fourth-order valence-corrected chi connectivity index (χ4v) is 1.66. The summed E-state index contributed by atoms with van der Waals surface area (Å²) in [6.45, 7) is 4.00. The van der Waals surface area contributed by atoms with Gasteiger partial charge >= 0.3 is 18.9 Å². The van der Waals surface area contributed by atoms with Gasteiger partial charge in [-0.2, -0.15) is 0 Å². The van der Waals surface area contributed by atoms with Crippen LogP contribution in [0.5, 0.6) is 0 Å². The van der Waals surface area contributed by atoms with Crippen LogP contribution >= 0.6 is 0 Å². The number of hydrogen-bond acceptors (Lipinski definition) is 2. The Morgan fingerprint density at radius 3 is 0.667 bits per heavy atom. The van der Waals surface area contributed by atoms with Crippen molar-refractivity contribution in [2.24, 2.45) is 0 Å². The zero-order valence-corrected chi connectivity index (χ0v) is 17.2. The molecule has 0 unspecified atom stereocenters. The summed E-state index contributed by atoms with van der Waals surface area (Å²) in [5, 5.41) is 0. The molecule has 2 saturated carbocycles. The molecule has 4 rings (SSSR count). The van der Waals surface area contributed by atoms with Gasteiger partial charge in [-0.1, -0.05) is 0 Å². The SMILES string of the molecule is C1CCOC1.C1CCOC1.[CH3-].[CH3-].[CH]1[CH][CH][CH][CH]1.[CH]1[CH][CH][CH][CH]1.[Li+].[Lu]. The number of ether oxygens (including phenoxy) is 2. The molecule has 2 nitrogen and oxygen atoms in total. The van der Waals surface area contributed by atoms with Crippen molar-refractivity contribution in [3.8, 4) is 0 Å². The molecule has 2 saturated heterocycles. The van der Waals surface area contributed by atoms with Crippen molar-refractivity contribution in [3.05, 3.63) is 79.1 Å². The summed E-state index contributed by atoms with van der Waals surface area (Å²) in [6, 6.07) is 0. The summed E-state index contributed by atoms with van der Waals surface area (Å²) in [6.07, 6.45) is 25.1. The van der Waals surface area contributed by atoms with Gasteiger partial charge in [0.15, 0.2) is 0 Å². The Morgan fingerprint density at radius 1 is 0.417 bits per heavy atom. The van der Waals surface area contributed by atoms with Crippen molar-refractivity contribution >= 4 is 0 Å². The van der Waals surface area contributed by atoms with Gasteiger partial charge in [-0.05, 0) is 89.9 Å². The molecule has 0 bridgehead atoms. The van der Waals surface area contributed by atoms with E-state index < -0.39 is 0 Å². The fourth-order valence-electron chi connectivity index (χ4n) is 1.66. The molecule has 11 radical (unpaired) electrons. The number of hydrogen-bond donors (Lipinski definition) is 0. The average molecular weight is 486 g/mol. The van der Waals surface area contributed by atoms with Gasteiger partial charge in [0.2, 0.25) is 0 Å². The molecule has 4 aliphatic rings. The smallest absolute Gasteiger partial charge is 0.381 e. The maximum absolute atomic E-state index is 4.94. The Kier molecular flexibility index (Phi) is 41.0. The minimum atomic E-state index is 0. The molecule has 0 N–H and O–H groups in total. The molecule has 24 heavy (non-hydrogen) atoms. The molecule has 0 atom stereocenters. The van der Waals surface area contributed by atoms with E-state index in [1.807, 2.05) is 64.2 Å². The minimum Gasteiger partial charge on any atom is -0.381 e. The monoisotopic (exact) mass is 486 g/mol. The summed E-state index contributed by atoms with van der Waals surface area (Å²) in [5.41, 5.74) is 0. The maximum Gasteiger partial charge on any atom is 1.00 e. The van der Waals surface area contributed by atoms with Crippen molar-refractivity contribution in [3.63, 3.8) is 0 Å². The van der Waals surface area contributed by atoms with Crippen LogP contribution in [0.15, 0.2) is 0 Å². The van der Waals surface area contributed by atoms with Gasteiger partial charge in [0, 0.05) is 63.3 Å². The minimum absolute atomic E-state index is 0. The first-order chi connectivity index (χ1) is 10.0. The maximum atomic E-state index is 4.94. The Morgan fingerprint density at radius 2 is 0.583 bits per heavy atom. The Balaban J connectivity index is -0.000000105. The van der Waals surface area contributed by atoms with Crippen molar-refractivity contribution in [1.82, 2.24) is 0 Å². The van der Waals surface area contributed by atoms with Crippen LogP contribution in [0.1, 0.15) is 25.7 Å². The summed E-state index contributed by atoms with van der Waals surface area (Å²) in [5.74, 6) is 0. The van der Waals surface area contributed by atoms with Crippen molar-refractivity contribution in [2.45, 2.75) is 25.7 Å². The second kappa shape index (κ2) is 29.5. The van der Waals surface area contributed by atoms with E-state index in [-0.39, 0.29) is 70.6 Å². The third-order valence-corrected chi connectivity index (χ3v) is 2.77. The average Bonchev–Trinajstić information content (AvgIpc) is 3.40. The normalized spacial score (nSPS) is 20.0. The van der Waals surface area contributed by atoms with E-state index in [4.69, 9.17) is 9.47 Å². The topological polar surface area (TPSA) is 18.5 Å². The van der Waals surface area contributed by atoms with Gasteiger partial charge < -0.3 is 24.3 Å². The van der Waals surface area contributed by atoms with Crippen LogP contribution < -0.4 is 18.9 Å². The molecule has 2 aliphatic heterocycles. The second-order valence-electron chi connectivity index (χ2n) is 4.56. The van der Waals surface area contributed by atoms with Gasteiger partial charge in [-0.3, -0.25) is 0 Å². The van der Waals surface area contributed by atoms with E-state index >= 15 is 0 Å². The molecular weight excluding hydrogens is 454 g/mol. The Labute approximate surface area is 195 Å². The first kappa shape index (κ1) is 33.3. The third kappa shape index (κ3) is 26.0. The van der Waals surface area contributed by atoms with Gasteiger partial charge in [-0.25, -0.2) is 0 Å². The molecule has 0 spiro atoms. The Bertz CT molecular complexity index is 108. The van der Waals surface area contributed by atoms with Gasteiger partial charge in [0.1, 0.15) is 0 Å². The van der Waals surface area contributed by atoms with Crippen LogP contribution in [0.4, 0.5) is 0 Å². The summed E-state index contributed by atoms with van der Waals surface area (Å²) >= 11 is 0. The van der Waals surface area contributed by atoms with Crippen LogP contribution in [-0.4, -0.2) is 26.4 Å². The fraction of sp³-hybridized carbons (Fsp3) is 0.400. The van der Waals surface area contributed by atoms with Crippen LogP contribution in [-0.2, 0) is 9.47 Å². The van der Waals surface area contributed by atoms with E-state index in [1.165, 1.54) is 25.7 Å². The zero-order chi connectivity index (χ0) is 14.1. The first-order valence-electron chi connectivity index (χ1n) is 7.49. The largest absolute Gasteiger partial charge is 1.00 e. The first-order valence-corrected chi connectivity index (χ1v) is 7.49. The van der Waals surface area contributed by atoms with Crippen LogP contribution in [0.2, 0.25) is 0 Å². The third-order valence-electron chi connectivity index (χ3n) is 2.77.